The molecule has 2 heterocycles. The van der Waals surface area contributed by atoms with Crippen LogP contribution in [0, 0.1) is 6.92 Å². The molecule has 168 valence electrons. The van der Waals surface area contributed by atoms with Gasteiger partial charge in [-0.1, -0.05) is 50.2 Å². The predicted molar refractivity (Wildman–Crippen MR) is 141 cm³/mol. The van der Waals surface area contributed by atoms with E-state index in [1.54, 1.807) is 0 Å². The van der Waals surface area contributed by atoms with E-state index in [1.165, 1.54) is 82.3 Å². The Kier molecular flexibility index (Phi) is 5.93. The lowest BCUT2D eigenvalue weighted by atomic mass is 9.91. The standard InChI is InChI=1S/C31H35N2/c1-22(2)30-21-32(4)31(28-11-7-6-10-23(28)3)20-29(30)26-13-12-25-19-27(15-14-24(25)18-26)33-16-8-5-9-17-33/h6-7,10-15,18-22H,5,8-9,16-17H2,1-4H3/q+1. The summed E-state index contributed by atoms with van der Waals surface area (Å²) in [6, 6.07) is 25.0. The average Bonchev–Trinajstić information content (AvgIpc) is 2.84. The van der Waals surface area contributed by atoms with Crippen molar-refractivity contribution in [1.29, 1.82) is 0 Å². The monoisotopic (exact) mass is 435 g/mol. The van der Waals surface area contributed by atoms with Crippen LogP contribution in [0.3, 0.4) is 0 Å². The fourth-order valence-corrected chi connectivity index (χ4v) is 5.26. The molecule has 1 saturated heterocycles. The summed E-state index contributed by atoms with van der Waals surface area (Å²) in [6.45, 7) is 9.14. The van der Waals surface area contributed by atoms with Gasteiger partial charge in [0.15, 0.2) is 6.20 Å². The highest BCUT2D eigenvalue weighted by Gasteiger charge is 2.20. The maximum Gasteiger partial charge on any atom is 0.213 e. The summed E-state index contributed by atoms with van der Waals surface area (Å²) in [5.41, 5.74) is 9.25. The first-order chi connectivity index (χ1) is 16.0. The predicted octanol–water partition coefficient (Wildman–Crippen LogP) is 7.42. The molecule has 0 amide bonds. The van der Waals surface area contributed by atoms with Crippen molar-refractivity contribution in [2.24, 2.45) is 7.05 Å². The van der Waals surface area contributed by atoms with Gasteiger partial charge in [-0.2, -0.15) is 0 Å². The number of rotatable bonds is 4. The number of anilines is 1. The SMILES string of the molecule is Cc1ccccc1-c1cc(-c2ccc3cc(N4CCCCC4)ccc3c2)c(C(C)C)c[n+]1C. The minimum absolute atomic E-state index is 0.453. The first-order valence-corrected chi connectivity index (χ1v) is 12.4. The molecule has 1 fully saturated rings. The summed E-state index contributed by atoms with van der Waals surface area (Å²) in [5.74, 6) is 0.453. The number of aryl methyl sites for hydroxylation is 2. The molecule has 0 radical (unpaired) electrons. The lowest BCUT2D eigenvalue weighted by Gasteiger charge is -2.29. The fourth-order valence-electron chi connectivity index (χ4n) is 5.26. The van der Waals surface area contributed by atoms with Gasteiger partial charge in [0.2, 0.25) is 5.69 Å². The van der Waals surface area contributed by atoms with E-state index in [0.717, 1.165) is 0 Å². The topological polar surface area (TPSA) is 7.12 Å². The molecule has 0 saturated carbocycles. The molecule has 0 bridgehead atoms. The number of hydrogen-bond acceptors (Lipinski definition) is 1. The number of fused-ring (bicyclic) bond motifs is 1. The zero-order valence-electron chi connectivity index (χ0n) is 20.4. The van der Waals surface area contributed by atoms with E-state index in [2.05, 4.69) is 110 Å². The third-order valence-corrected chi connectivity index (χ3v) is 7.20. The van der Waals surface area contributed by atoms with Gasteiger partial charge in [-0.15, -0.1) is 0 Å². The Morgan fingerprint density at radius 1 is 0.788 bits per heavy atom. The first-order valence-electron chi connectivity index (χ1n) is 12.4. The van der Waals surface area contributed by atoms with Gasteiger partial charge in [-0.25, -0.2) is 4.57 Å². The van der Waals surface area contributed by atoms with Crippen LogP contribution in [0.2, 0.25) is 0 Å². The van der Waals surface area contributed by atoms with Crippen LogP contribution in [-0.4, -0.2) is 13.1 Å². The molecule has 0 atom stereocenters. The number of pyridine rings is 1. The molecule has 0 aliphatic carbocycles. The minimum Gasteiger partial charge on any atom is -0.372 e. The van der Waals surface area contributed by atoms with Gasteiger partial charge in [0.1, 0.15) is 7.05 Å². The fraction of sp³-hybridized carbons (Fsp3) is 0.323. The van der Waals surface area contributed by atoms with Crippen molar-refractivity contribution < 1.29 is 4.57 Å². The lowest BCUT2D eigenvalue weighted by molar-refractivity contribution is -0.660. The second-order valence-electron chi connectivity index (χ2n) is 9.90. The molecule has 2 nitrogen and oxygen atoms in total. The number of nitrogens with zero attached hydrogens (tertiary/aromatic N) is 2. The Balaban J connectivity index is 1.60. The summed E-state index contributed by atoms with van der Waals surface area (Å²) in [4.78, 5) is 2.54. The van der Waals surface area contributed by atoms with Crippen LogP contribution in [0.4, 0.5) is 5.69 Å². The maximum atomic E-state index is 2.54. The van der Waals surface area contributed by atoms with E-state index in [-0.39, 0.29) is 0 Å². The molecule has 5 rings (SSSR count). The highest BCUT2D eigenvalue weighted by molar-refractivity contribution is 5.90. The van der Waals surface area contributed by atoms with Crippen molar-refractivity contribution in [3.8, 4) is 22.4 Å². The molecule has 0 N–H and O–H groups in total. The summed E-state index contributed by atoms with van der Waals surface area (Å²) in [5, 5.41) is 2.64. The van der Waals surface area contributed by atoms with Gasteiger partial charge in [-0.3, -0.25) is 0 Å². The van der Waals surface area contributed by atoms with E-state index < -0.39 is 0 Å². The molecule has 0 spiro atoms. The highest BCUT2D eigenvalue weighted by Crippen LogP contribution is 2.34. The van der Waals surface area contributed by atoms with Gasteiger partial charge >= 0.3 is 0 Å². The molecular weight excluding hydrogens is 400 g/mol. The van der Waals surface area contributed by atoms with Gasteiger partial charge in [-0.05, 0) is 83.8 Å². The second kappa shape index (κ2) is 9.02. The molecular formula is C31H35N2+. The lowest BCUT2D eigenvalue weighted by Crippen LogP contribution is -2.32. The number of aromatic nitrogens is 1. The molecule has 4 aromatic rings. The molecule has 33 heavy (non-hydrogen) atoms. The summed E-state index contributed by atoms with van der Waals surface area (Å²) < 4.78 is 2.28. The molecule has 3 aromatic carbocycles. The van der Waals surface area contributed by atoms with Crippen molar-refractivity contribution in [2.45, 2.75) is 46.0 Å². The molecule has 0 unspecified atom stereocenters. The van der Waals surface area contributed by atoms with Crippen LogP contribution >= 0.6 is 0 Å². The maximum absolute atomic E-state index is 2.54. The Labute approximate surface area is 198 Å². The van der Waals surface area contributed by atoms with Crippen LogP contribution in [0.15, 0.2) is 72.9 Å². The van der Waals surface area contributed by atoms with E-state index in [4.69, 9.17) is 0 Å². The van der Waals surface area contributed by atoms with Gasteiger partial charge in [0.05, 0.1) is 0 Å². The zero-order valence-corrected chi connectivity index (χ0v) is 20.4. The summed E-state index contributed by atoms with van der Waals surface area (Å²) in [7, 11) is 2.17. The zero-order chi connectivity index (χ0) is 22.9. The van der Waals surface area contributed by atoms with Crippen molar-refractivity contribution in [1.82, 2.24) is 0 Å². The van der Waals surface area contributed by atoms with E-state index in [0.29, 0.717) is 5.92 Å². The van der Waals surface area contributed by atoms with E-state index in [1.807, 2.05) is 0 Å². The number of piperidine rings is 1. The largest absolute Gasteiger partial charge is 0.372 e. The van der Waals surface area contributed by atoms with Crippen LogP contribution in [0.5, 0.6) is 0 Å². The third-order valence-electron chi connectivity index (χ3n) is 7.20. The molecule has 1 aromatic heterocycles. The van der Waals surface area contributed by atoms with Crippen molar-refractivity contribution >= 4 is 16.5 Å². The van der Waals surface area contributed by atoms with E-state index >= 15 is 0 Å². The smallest absolute Gasteiger partial charge is 0.213 e. The summed E-state index contributed by atoms with van der Waals surface area (Å²) in [6.07, 6.45) is 6.31. The number of hydrogen-bond donors (Lipinski definition) is 0. The molecule has 1 aliphatic heterocycles. The van der Waals surface area contributed by atoms with Crippen LogP contribution < -0.4 is 9.47 Å². The molecule has 2 heteroatoms. The van der Waals surface area contributed by atoms with Gasteiger partial charge in [0.25, 0.3) is 0 Å². The second-order valence-corrected chi connectivity index (χ2v) is 9.90. The average molecular weight is 436 g/mol. The number of benzene rings is 3. The first kappa shape index (κ1) is 21.7. The Bertz CT molecular complexity index is 1300. The van der Waals surface area contributed by atoms with Crippen LogP contribution in [0.1, 0.15) is 50.2 Å². The van der Waals surface area contributed by atoms with Gasteiger partial charge in [0, 0.05) is 36.0 Å². The normalized spacial score (nSPS) is 14.3. The minimum atomic E-state index is 0.453. The van der Waals surface area contributed by atoms with E-state index in [9.17, 15) is 0 Å². The Morgan fingerprint density at radius 2 is 1.52 bits per heavy atom. The quantitative estimate of drug-likeness (QED) is 0.303. The summed E-state index contributed by atoms with van der Waals surface area (Å²) >= 11 is 0. The molecule has 1 aliphatic rings. The Hall–Kier alpha value is -3.13. The highest BCUT2D eigenvalue weighted by atomic mass is 15.1. The van der Waals surface area contributed by atoms with Gasteiger partial charge < -0.3 is 4.90 Å². The Morgan fingerprint density at radius 3 is 2.27 bits per heavy atom. The van der Waals surface area contributed by atoms with Crippen LogP contribution in [0.25, 0.3) is 33.2 Å². The van der Waals surface area contributed by atoms with Crippen molar-refractivity contribution in [2.75, 3.05) is 18.0 Å². The van der Waals surface area contributed by atoms with Crippen LogP contribution in [-0.2, 0) is 7.05 Å². The van der Waals surface area contributed by atoms with Crippen molar-refractivity contribution in [3.63, 3.8) is 0 Å². The van der Waals surface area contributed by atoms with Crippen molar-refractivity contribution in [3.05, 3.63) is 84.1 Å². The third kappa shape index (κ3) is 4.27.